The Kier molecular flexibility index (Phi) is 4.93. The van der Waals surface area contributed by atoms with Gasteiger partial charge >= 0.3 is 0 Å². The van der Waals surface area contributed by atoms with Gasteiger partial charge < -0.3 is 4.90 Å². The predicted octanol–water partition coefficient (Wildman–Crippen LogP) is 4.09. The molecule has 33 heavy (non-hydrogen) atoms. The van der Waals surface area contributed by atoms with Gasteiger partial charge in [0, 0.05) is 18.7 Å². The second-order valence-electron chi connectivity index (χ2n) is 9.99. The average Bonchev–Trinajstić information content (AvgIpc) is 3.53. The number of rotatable bonds is 4. The molecule has 0 radical (unpaired) electrons. The highest BCUT2D eigenvalue weighted by Gasteiger charge is 2.59. The highest BCUT2D eigenvalue weighted by molar-refractivity contribution is 6.23. The number of allylic oxidation sites excluding steroid dienone is 2. The first-order valence-corrected chi connectivity index (χ1v) is 12.1. The molecule has 2 aromatic rings. The van der Waals surface area contributed by atoms with Crippen LogP contribution in [0, 0.1) is 29.6 Å². The first-order chi connectivity index (χ1) is 16.1. The van der Waals surface area contributed by atoms with Crippen LogP contribution in [0.1, 0.15) is 35.2 Å². The molecule has 0 aromatic heterocycles. The molecule has 168 valence electrons. The molecule has 3 amide bonds. The number of hydrogen-bond acceptors (Lipinski definition) is 3. The molecule has 2 aliphatic heterocycles. The highest BCUT2D eigenvalue weighted by Crippen LogP contribution is 2.53. The molecule has 6 rings (SSSR count). The fourth-order valence-electron chi connectivity index (χ4n) is 6.41. The van der Waals surface area contributed by atoms with E-state index >= 15 is 0 Å². The molecule has 3 fully saturated rings. The lowest BCUT2D eigenvalue weighted by Gasteiger charge is -2.32. The minimum absolute atomic E-state index is 0.0176. The van der Waals surface area contributed by atoms with Gasteiger partial charge in [-0.15, -0.1) is 0 Å². The Morgan fingerprint density at radius 3 is 2.18 bits per heavy atom. The first kappa shape index (κ1) is 20.4. The van der Waals surface area contributed by atoms with Crippen LogP contribution in [0.15, 0.2) is 66.7 Å². The van der Waals surface area contributed by atoms with Crippen molar-refractivity contribution in [2.24, 2.45) is 29.6 Å². The van der Waals surface area contributed by atoms with Crippen molar-refractivity contribution in [2.45, 2.75) is 25.7 Å². The summed E-state index contributed by atoms with van der Waals surface area (Å²) in [6.07, 6.45) is 8.14. The van der Waals surface area contributed by atoms with Crippen molar-refractivity contribution in [3.63, 3.8) is 0 Å². The van der Waals surface area contributed by atoms with Crippen LogP contribution in [0.4, 0.5) is 5.69 Å². The lowest BCUT2D eigenvalue weighted by atomic mass is 9.85. The zero-order chi connectivity index (χ0) is 22.5. The summed E-state index contributed by atoms with van der Waals surface area (Å²) in [5.74, 6) is 0.279. The Labute approximate surface area is 194 Å². The van der Waals surface area contributed by atoms with E-state index < -0.39 is 0 Å². The molecule has 0 spiro atoms. The Morgan fingerprint density at radius 2 is 1.52 bits per heavy atom. The number of carbonyl (C=O) groups is 3. The number of anilines is 1. The Balaban J connectivity index is 1.14. The summed E-state index contributed by atoms with van der Waals surface area (Å²) in [7, 11) is 0. The third kappa shape index (κ3) is 3.41. The Hall–Kier alpha value is -3.21. The van der Waals surface area contributed by atoms with E-state index in [4.69, 9.17) is 0 Å². The Bertz CT molecular complexity index is 1100. The standard InChI is InChI=1S/C28H28N2O3/c31-26(29-13-11-19(12-14-29)15-18-5-2-1-3-6-18)22-7-4-8-23(17-22)30-27(32)24-20-9-10-21(16-20)25(24)28(30)33/h1-10,17,19-21,24-25H,11-16H2/t20-,21-,24-,25-/m0/s1. The number of hydrogen-bond donors (Lipinski definition) is 0. The smallest absolute Gasteiger partial charge is 0.253 e. The summed E-state index contributed by atoms with van der Waals surface area (Å²) in [5, 5.41) is 0. The molecule has 2 aromatic carbocycles. The number of amides is 3. The minimum atomic E-state index is -0.226. The van der Waals surface area contributed by atoms with Crippen LogP contribution in [0.2, 0.25) is 0 Å². The number of carbonyl (C=O) groups excluding carboxylic acids is 3. The fraction of sp³-hybridized carbons (Fsp3) is 0.393. The zero-order valence-corrected chi connectivity index (χ0v) is 18.6. The van der Waals surface area contributed by atoms with Gasteiger partial charge in [-0.05, 0) is 67.2 Å². The summed E-state index contributed by atoms with van der Waals surface area (Å²) < 4.78 is 0. The minimum Gasteiger partial charge on any atom is -0.339 e. The van der Waals surface area contributed by atoms with Crippen molar-refractivity contribution in [1.29, 1.82) is 0 Å². The number of imide groups is 1. The monoisotopic (exact) mass is 440 g/mol. The molecule has 5 heteroatoms. The van der Waals surface area contributed by atoms with Gasteiger partial charge in [0.15, 0.2) is 0 Å². The van der Waals surface area contributed by atoms with E-state index in [0.29, 0.717) is 17.2 Å². The summed E-state index contributed by atoms with van der Waals surface area (Å²) >= 11 is 0. The van der Waals surface area contributed by atoms with E-state index in [-0.39, 0.29) is 41.4 Å². The van der Waals surface area contributed by atoms with E-state index in [0.717, 1.165) is 38.8 Å². The summed E-state index contributed by atoms with van der Waals surface area (Å²) in [4.78, 5) is 42.7. The van der Waals surface area contributed by atoms with E-state index in [9.17, 15) is 14.4 Å². The van der Waals surface area contributed by atoms with Gasteiger partial charge in [-0.3, -0.25) is 14.4 Å². The van der Waals surface area contributed by atoms with Gasteiger partial charge in [0.2, 0.25) is 11.8 Å². The number of benzene rings is 2. The zero-order valence-electron chi connectivity index (χ0n) is 18.6. The van der Waals surface area contributed by atoms with Crippen LogP contribution >= 0.6 is 0 Å². The molecular weight excluding hydrogens is 412 g/mol. The lowest BCUT2D eigenvalue weighted by molar-refractivity contribution is -0.123. The molecule has 1 saturated carbocycles. The van der Waals surface area contributed by atoms with Crippen LogP contribution in [-0.4, -0.2) is 35.7 Å². The second-order valence-corrected chi connectivity index (χ2v) is 9.99. The lowest BCUT2D eigenvalue weighted by Crippen LogP contribution is -2.39. The van der Waals surface area contributed by atoms with E-state index in [1.165, 1.54) is 10.5 Å². The average molecular weight is 441 g/mol. The molecule has 2 bridgehead atoms. The summed E-state index contributed by atoms with van der Waals surface area (Å²) in [6.45, 7) is 1.47. The molecule has 4 aliphatic rings. The molecular formula is C28H28N2O3. The van der Waals surface area contributed by atoms with Crippen molar-refractivity contribution < 1.29 is 14.4 Å². The van der Waals surface area contributed by atoms with Gasteiger partial charge in [0.1, 0.15) is 0 Å². The third-order valence-electron chi connectivity index (χ3n) is 8.09. The number of nitrogens with zero attached hydrogens (tertiary/aromatic N) is 2. The molecule has 5 nitrogen and oxygen atoms in total. The summed E-state index contributed by atoms with van der Waals surface area (Å²) in [5.41, 5.74) is 2.43. The van der Waals surface area contributed by atoms with Crippen molar-refractivity contribution >= 4 is 23.4 Å². The van der Waals surface area contributed by atoms with E-state index in [1.807, 2.05) is 11.0 Å². The normalized spacial score (nSPS) is 28.6. The van der Waals surface area contributed by atoms with Crippen LogP contribution in [0.5, 0.6) is 0 Å². The third-order valence-corrected chi connectivity index (χ3v) is 8.09. The van der Waals surface area contributed by atoms with E-state index in [1.54, 1.807) is 24.3 Å². The number of fused-ring (bicyclic) bond motifs is 5. The predicted molar refractivity (Wildman–Crippen MR) is 125 cm³/mol. The van der Waals surface area contributed by atoms with Gasteiger partial charge in [0.05, 0.1) is 17.5 Å². The van der Waals surface area contributed by atoms with Crippen molar-refractivity contribution in [2.75, 3.05) is 18.0 Å². The maximum atomic E-state index is 13.2. The fourth-order valence-corrected chi connectivity index (χ4v) is 6.41. The van der Waals surface area contributed by atoms with Crippen LogP contribution in [0.25, 0.3) is 0 Å². The topological polar surface area (TPSA) is 57.7 Å². The quantitative estimate of drug-likeness (QED) is 0.532. The van der Waals surface area contributed by atoms with Crippen LogP contribution < -0.4 is 4.90 Å². The van der Waals surface area contributed by atoms with Gasteiger partial charge in [0.25, 0.3) is 5.91 Å². The van der Waals surface area contributed by atoms with Gasteiger partial charge in [-0.2, -0.15) is 0 Å². The SMILES string of the molecule is O=C(c1cccc(N2C(=O)[C@@H]3[C@@H](C2=O)[C@H]2C=C[C@H]3C2)c1)N1CCC(Cc2ccccc2)CC1. The first-order valence-electron chi connectivity index (χ1n) is 12.1. The van der Waals surface area contributed by atoms with Gasteiger partial charge in [-0.25, -0.2) is 4.90 Å². The number of likely N-dealkylation sites (tertiary alicyclic amines) is 1. The number of piperidine rings is 1. The molecule has 2 heterocycles. The van der Waals surface area contributed by atoms with Crippen molar-refractivity contribution in [3.8, 4) is 0 Å². The molecule has 4 atom stereocenters. The molecule has 0 unspecified atom stereocenters. The second kappa shape index (κ2) is 7.98. The van der Waals surface area contributed by atoms with Crippen molar-refractivity contribution in [3.05, 3.63) is 77.9 Å². The molecule has 0 N–H and O–H groups in total. The van der Waals surface area contributed by atoms with Crippen molar-refractivity contribution in [1.82, 2.24) is 4.90 Å². The molecule has 2 saturated heterocycles. The molecule has 2 aliphatic carbocycles. The van der Waals surface area contributed by atoms with E-state index in [2.05, 4.69) is 36.4 Å². The maximum Gasteiger partial charge on any atom is 0.253 e. The van der Waals surface area contributed by atoms with Crippen LogP contribution in [-0.2, 0) is 16.0 Å². The largest absolute Gasteiger partial charge is 0.339 e. The Morgan fingerprint density at radius 1 is 0.848 bits per heavy atom. The highest BCUT2D eigenvalue weighted by atomic mass is 16.2. The summed E-state index contributed by atoms with van der Waals surface area (Å²) in [6, 6.07) is 17.6. The maximum absolute atomic E-state index is 13.2. The van der Waals surface area contributed by atoms with Crippen LogP contribution in [0.3, 0.4) is 0 Å². The van der Waals surface area contributed by atoms with Gasteiger partial charge in [-0.1, -0.05) is 48.6 Å².